The third-order valence-corrected chi connectivity index (χ3v) is 6.82. The number of hydrogen-bond acceptors (Lipinski definition) is 4. The molecule has 0 spiro atoms. The molecule has 2 rings (SSSR count). The van der Waals surface area contributed by atoms with Gasteiger partial charge >= 0.3 is 0 Å². The molecular weight excluding hydrogens is 443 g/mol. The molecule has 1 aromatic carbocycles. The fraction of sp³-hybridized carbons (Fsp3) is 0.353. The van der Waals surface area contributed by atoms with Crippen LogP contribution in [0.3, 0.4) is 0 Å². The molecule has 1 atom stereocenters. The summed E-state index contributed by atoms with van der Waals surface area (Å²) < 4.78 is 42.2. The van der Waals surface area contributed by atoms with Gasteiger partial charge < -0.3 is 4.90 Å². The molecule has 1 amide bonds. The largest absolute Gasteiger partial charge is 0.339 e. The highest BCUT2D eigenvalue weighted by Crippen LogP contribution is 2.23. The van der Waals surface area contributed by atoms with Crippen molar-refractivity contribution in [1.29, 1.82) is 0 Å². The molecule has 0 bridgehead atoms. The first-order chi connectivity index (χ1) is 12.1. The van der Waals surface area contributed by atoms with Crippen LogP contribution in [0.4, 0.5) is 4.39 Å². The van der Waals surface area contributed by atoms with Crippen LogP contribution in [0.15, 0.2) is 45.1 Å². The van der Waals surface area contributed by atoms with Gasteiger partial charge in [0.1, 0.15) is 16.8 Å². The topological polar surface area (TPSA) is 66.5 Å². The molecule has 0 aliphatic carbocycles. The molecule has 26 heavy (non-hydrogen) atoms. The van der Waals surface area contributed by atoms with E-state index in [2.05, 4.69) is 20.7 Å². The molecule has 0 aliphatic rings. The molecule has 1 heterocycles. The summed E-state index contributed by atoms with van der Waals surface area (Å²) in [5, 5.41) is 0. The minimum atomic E-state index is -4.16. The number of sulfonamides is 1. The lowest BCUT2D eigenvalue weighted by Gasteiger charge is -2.26. The average Bonchev–Trinajstić information content (AvgIpc) is 2.97. The van der Waals surface area contributed by atoms with Crippen molar-refractivity contribution in [2.75, 3.05) is 7.05 Å². The normalized spacial score (nSPS) is 13.0. The molecule has 5 nitrogen and oxygen atoms in total. The Bertz CT molecular complexity index is 884. The van der Waals surface area contributed by atoms with Crippen LogP contribution in [0.5, 0.6) is 0 Å². The standard InChI is InChI=1S/C17H20BrFN2O3S2/c1-11(2)16(17(22)21(3)10-12-8-9-15(18)25-12)20-26(23,24)14-7-5-4-6-13(14)19/h4-9,11,16,20H,10H2,1-3H3/t16-/m0/s1. The monoisotopic (exact) mass is 462 g/mol. The van der Waals surface area contributed by atoms with Crippen LogP contribution in [0.2, 0.25) is 0 Å². The summed E-state index contributed by atoms with van der Waals surface area (Å²) in [6, 6.07) is 7.88. The van der Waals surface area contributed by atoms with E-state index in [0.717, 1.165) is 14.7 Å². The highest BCUT2D eigenvalue weighted by atomic mass is 79.9. The lowest BCUT2D eigenvalue weighted by atomic mass is 10.0. The maximum absolute atomic E-state index is 13.9. The molecule has 2 aromatic rings. The fourth-order valence-electron chi connectivity index (χ4n) is 2.35. The molecular formula is C17H20BrFN2O3S2. The van der Waals surface area contributed by atoms with Crippen molar-refractivity contribution < 1.29 is 17.6 Å². The molecule has 0 fully saturated rings. The van der Waals surface area contributed by atoms with Gasteiger partial charge in [0, 0.05) is 11.9 Å². The summed E-state index contributed by atoms with van der Waals surface area (Å²) in [5.41, 5.74) is 0. The van der Waals surface area contributed by atoms with Crippen molar-refractivity contribution in [3.63, 3.8) is 0 Å². The summed E-state index contributed by atoms with van der Waals surface area (Å²) in [4.78, 5) is 14.7. The number of benzene rings is 1. The van der Waals surface area contributed by atoms with Gasteiger partial charge in [-0.15, -0.1) is 11.3 Å². The lowest BCUT2D eigenvalue weighted by molar-refractivity contribution is -0.133. The summed E-state index contributed by atoms with van der Waals surface area (Å²) in [7, 11) is -2.55. The van der Waals surface area contributed by atoms with E-state index in [0.29, 0.717) is 6.54 Å². The smallest absolute Gasteiger partial charge is 0.244 e. The molecule has 0 saturated carbocycles. The zero-order valence-corrected chi connectivity index (χ0v) is 17.8. The minimum Gasteiger partial charge on any atom is -0.339 e. The van der Waals surface area contributed by atoms with Crippen molar-refractivity contribution in [3.05, 3.63) is 50.9 Å². The van der Waals surface area contributed by atoms with E-state index in [4.69, 9.17) is 0 Å². The first kappa shape index (κ1) is 21.0. The fourth-order valence-corrected chi connectivity index (χ4v) is 5.30. The molecule has 142 valence electrons. The number of amides is 1. The predicted octanol–water partition coefficient (Wildman–Crippen LogP) is 3.61. The van der Waals surface area contributed by atoms with E-state index in [1.54, 1.807) is 20.9 Å². The number of nitrogens with zero attached hydrogens (tertiary/aromatic N) is 1. The number of hydrogen-bond donors (Lipinski definition) is 1. The van der Waals surface area contributed by atoms with Gasteiger partial charge in [0.2, 0.25) is 15.9 Å². The minimum absolute atomic E-state index is 0.304. The van der Waals surface area contributed by atoms with Crippen molar-refractivity contribution >= 4 is 43.2 Å². The first-order valence-electron chi connectivity index (χ1n) is 7.88. The Kier molecular flexibility index (Phi) is 6.95. The molecule has 1 aromatic heterocycles. The Labute approximate surface area is 165 Å². The Morgan fingerprint density at radius 3 is 2.46 bits per heavy atom. The number of thiophene rings is 1. The van der Waals surface area contributed by atoms with Crippen LogP contribution < -0.4 is 4.72 Å². The third-order valence-electron chi connectivity index (χ3n) is 3.74. The summed E-state index contributed by atoms with van der Waals surface area (Å²) in [5.74, 6) is -1.53. The van der Waals surface area contributed by atoms with Crippen LogP contribution in [0.25, 0.3) is 0 Å². The zero-order valence-electron chi connectivity index (χ0n) is 14.6. The van der Waals surface area contributed by atoms with Gasteiger partial charge in [-0.05, 0) is 46.1 Å². The van der Waals surface area contributed by atoms with Crippen molar-refractivity contribution in [3.8, 4) is 0 Å². The Morgan fingerprint density at radius 1 is 1.27 bits per heavy atom. The van der Waals surface area contributed by atoms with Crippen LogP contribution in [0, 0.1) is 11.7 Å². The Hall–Kier alpha value is -1.29. The van der Waals surface area contributed by atoms with E-state index in [1.165, 1.54) is 34.4 Å². The summed E-state index contributed by atoms with van der Waals surface area (Å²) in [6.45, 7) is 3.84. The van der Waals surface area contributed by atoms with Crippen molar-refractivity contribution in [2.24, 2.45) is 5.92 Å². The third kappa shape index (κ3) is 5.12. The highest BCUT2D eigenvalue weighted by molar-refractivity contribution is 9.11. The summed E-state index contributed by atoms with van der Waals surface area (Å²) in [6.07, 6.45) is 0. The SMILES string of the molecule is CC(C)[C@H](NS(=O)(=O)c1ccccc1F)C(=O)N(C)Cc1ccc(Br)s1. The summed E-state index contributed by atoms with van der Waals surface area (Å²) >= 11 is 4.87. The molecule has 1 N–H and O–H groups in total. The number of halogens is 2. The van der Waals surface area contributed by atoms with E-state index < -0.39 is 26.8 Å². The molecule has 0 unspecified atom stereocenters. The van der Waals surface area contributed by atoms with Crippen LogP contribution in [-0.4, -0.2) is 32.3 Å². The van der Waals surface area contributed by atoms with Crippen molar-refractivity contribution in [2.45, 2.75) is 31.3 Å². The maximum Gasteiger partial charge on any atom is 0.244 e. The highest BCUT2D eigenvalue weighted by Gasteiger charge is 2.31. The average molecular weight is 463 g/mol. The number of nitrogens with one attached hydrogen (secondary N) is 1. The van der Waals surface area contributed by atoms with Gasteiger partial charge in [0.15, 0.2) is 0 Å². The van der Waals surface area contributed by atoms with Crippen LogP contribution >= 0.6 is 27.3 Å². The lowest BCUT2D eigenvalue weighted by Crippen LogP contribution is -2.49. The van der Waals surface area contributed by atoms with Gasteiger partial charge in [-0.2, -0.15) is 4.72 Å². The Balaban J connectivity index is 2.20. The Morgan fingerprint density at radius 2 is 1.92 bits per heavy atom. The van der Waals surface area contributed by atoms with Gasteiger partial charge in [-0.3, -0.25) is 4.79 Å². The van der Waals surface area contributed by atoms with Gasteiger partial charge in [0.25, 0.3) is 0 Å². The maximum atomic E-state index is 13.9. The first-order valence-corrected chi connectivity index (χ1v) is 11.0. The molecule has 0 saturated heterocycles. The van der Waals surface area contributed by atoms with Gasteiger partial charge in [-0.1, -0.05) is 26.0 Å². The number of carbonyl (C=O) groups is 1. The second kappa shape index (κ2) is 8.60. The molecule has 0 aliphatic heterocycles. The van der Waals surface area contributed by atoms with E-state index in [9.17, 15) is 17.6 Å². The second-order valence-electron chi connectivity index (χ2n) is 6.17. The van der Waals surface area contributed by atoms with E-state index >= 15 is 0 Å². The van der Waals surface area contributed by atoms with E-state index in [1.807, 2.05) is 12.1 Å². The van der Waals surface area contributed by atoms with Crippen molar-refractivity contribution in [1.82, 2.24) is 9.62 Å². The quantitative estimate of drug-likeness (QED) is 0.683. The van der Waals surface area contributed by atoms with Gasteiger partial charge in [-0.25, -0.2) is 12.8 Å². The van der Waals surface area contributed by atoms with Crippen LogP contribution in [0.1, 0.15) is 18.7 Å². The predicted molar refractivity (Wildman–Crippen MR) is 104 cm³/mol. The van der Waals surface area contributed by atoms with E-state index in [-0.39, 0.29) is 11.8 Å². The van der Waals surface area contributed by atoms with Crippen LogP contribution in [-0.2, 0) is 21.4 Å². The van der Waals surface area contributed by atoms with Gasteiger partial charge in [0.05, 0.1) is 10.3 Å². The second-order valence-corrected chi connectivity index (χ2v) is 10.4. The number of likely N-dealkylation sites (N-methyl/N-ethyl adjacent to an activating group) is 1. The number of carbonyl (C=O) groups excluding carboxylic acids is 1. The molecule has 9 heteroatoms. The number of rotatable bonds is 7. The zero-order chi connectivity index (χ0) is 19.5. The molecule has 0 radical (unpaired) electrons.